The van der Waals surface area contributed by atoms with E-state index in [4.69, 9.17) is 18.0 Å². The Kier molecular flexibility index (Phi) is 3.57. The predicted molar refractivity (Wildman–Crippen MR) is 88.1 cm³/mol. The number of fused-ring (bicyclic) bond motifs is 1. The summed E-state index contributed by atoms with van der Waals surface area (Å²) in [6.07, 6.45) is 3.78. The van der Waals surface area contributed by atoms with Crippen LogP contribution < -0.4 is 11.1 Å². The summed E-state index contributed by atoms with van der Waals surface area (Å²) in [4.78, 5) is 5.11. The van der Waals surface area contributed by atoms with Crippen LogP contribution in [-0.2, 0) is 0 Å². The van der Waals surface area contributed by atoms with E-state index in [1.807, 2.05) is 30.3 Å². The molecule has 3 nitrogen and oxygen atoms in total. The molecule has 1 aromatic carbocycles. The van der Waals surface area contributed by atoms with Crippen LogP contribution in [0.5, 0.6) is 0 Å². The highest BCUT2D eigenvalue weighted by atomic mass is 32.1. The molecule has 0 amide bonds. The molecule has 20 heavy (non-hydrogen) atoms. The van der Waals surface area contributed by atoms with Gasteiger partial charge in [-0.25, -0.2) is 4.98 Å². The summed E-state index contributed by atoms with van der Waals surface area (Å²) < 4.78 is 0. The van der Waals surface area contributed by atoms with Gasteiger partial charge in [-0.1, -0.05) is 43.8 Å². The van der Waals surface area contributed by atoms with E-state index in [0.29, 0.717) is 16.9 Å². The maximum absolute atomic E-state index is 5.86. The molecule has 1 heterocycles. The summed E-state index contributed by atoms with van der Waals surface area (Å²) in [5.74, 6) is 1.57. The van der Waals surface area contributed by atoms with Crippen LogP contribution in [0.1, 0.15) is 31.7 Å². The smallest absolute Gasteiger partial charge is 0.127 e. The largest absolute Gasteiger partial charge is 0.389 e. The van der Waals surface area contributed by atoms with Gasteiger partial charge in [-0.15, -0.1) is 0 Å². The van der Waals surface area contributed by atoms with E-state index in [1.54, 1.807) is 0 Å². The number of benzene rings is 1. The highest BCUT2D eigenvalue weighted by molar-refractivity contribution is 7.80. The predicted octanol–water partition coefficient (Wildman–Crippen LogP) is 3.47. The maximum atomic E-state index is 5.86. The van der Waals surface area contributed by atoms with Crippen LogP contribution in [0.2, 0.25) is 0 Å². The molecule has 4 heteroatoms. The van der Waals surface area contributed by atoms with Crippen molar-refractivity contribution in [2.45, 2.75) is 32.2 Å². The zero-order chi connectivity index (χ0) is 14.1. The Bertz CT molecular complexity index is 653. The molecule has 2 unspecified atom stereocenters. The molecule has 0 spiro atoms. The van der Waals surface area contributed by atoms with Crippen molar-refractivity contribution in [2.24, 2.45) is 11.7 Å². The first kappa shape index (κ1) is 13.3. The molecule has 1 aliphatic rings. The molecule has 0 bridgehead atoms. The Balaban J connectivity index is 2.01. The van der Waals surface area contributed by atoms with Gasteiger partial charge < -0.3 is 11.1 Å². The summed E-state index contributed by atoms with van der Waals surface area (Å²) in [5, 5.41) is 4.57. The highest BCUT2D eigenvalue weighted by Crippen LogP contribution is 2.29. The van der Waals surface area contributed by atoms with Crippen LogP contribution in [0.4, 0.5) is 5.82 Å². The summed E-state index contributed by atoms with van der Waals surface area (Å²) in [7, 11) is 0. The Morgan fingerprint density at radius 3 is 2.85 bits per heavy atom. The minimum Gasteiger partial charge on any atom is -0.389 e. The fraction of sp³-hybridized carbons (Fsp3) is 0.375. The fourth-order valence-corrected chi connectivity index (χ4v) is 3.17. The van der Waals surface area contributed by atoms with Crippen molar-refractivity contribution in [3.05, 3.63) is 35.9 Å². The molecule has 1 saturated carbocycles. The summed E-state index contributed by atoms with van der Waals surface area (Å²) >= 11 is 5.18. The molecule has 1 aromatic heterocycles. The van der Waals surface area contributed by atoms with Crippen LogP contribution in [0.15, 0.2) is 30.3 Å². The van der Waals surface area contributed by atoms with Gasteiger partial charge in [0.1, 0.15) is 10.8 Å². The first-order chi connectivity index (χ1) is 9.65. The van der Waals surface area contributed by atoms with Crippen molar-refractivity contribution in [1.29, 1.82) is 0 Å². The quantitative estimate of drug-likeness (QED) is 0.848. The lowest BCUT2D eigenvalue weighted by molar-refractivity contribution is 0.555. The van der Waals surface area contributed by atoms with Gasteiger partial charge in [-0.05, 0) is 30.9 Å². The number of anilines is 1. The number of hydrogen-bond acceptors (Lipinski definition) is 3. The van der Waals surface area contributed by atoms with E-state index >= 15 is 0 Å². The van der Waals surface area contributed by atoms with E-state index in [9.17, 15) is 0 Å². The maximum Gasteiger partial charge on any atom is 0.127 e. The van der Waals surface area contributed by atoms with E-state index in [1.165, 1.54) is 19.3 Å². The Morgan fingerprint density at radius 2 is 2.15 bits per heavy atom. The molecule has 0 aliphatic heterocycles. The number of nitrogens with one attached hydrogen (secondary N) is 1. The van der Waals surface area contributed by atoms with Crippen molar-refractivity contribution < 1.29 is 0 Å². The molecule has 1 fully saturated rings. The van der Waals surface area contributed by atoms with Gasteiger partial charge in [-0.3, -0.25) is 0 Å². The number of para-hydroxylation sites is 1. The second kappa shape index (κ2) is 5.37. The lowest BCUT2D eigenvalue weighted by atomic mass is 10.1. The van der Waals surface area contributed by atoms with Crippen molar-refractivity contribution in [3.8, 4) is 0 Å². The second-order valence-corrected chi connectivity index (χ2v) is 6.04. The minimum atomic E-state index is 0.422. The van der Waals surface area contributed by atoms with Crippen molar-refractivity contribution in [1.82, 2.24) is 4.98 Å². The Hall–Kier alpha value is -1.68. The van der Waals surface area contributed by atoms with Crippen LogP contribution in [0.3, 0.4) is 0 Å². The van der Waals surface area contributed by atoms with E-state index in [-0.39, 0.29) is 0 Å². The third-order valence-electron chi connectivity index (χ3n) is 4.18. The molecule has 2 aromatic rings. The lowest BCUT2D eigenvalue weighted by Gasteiger charge is -2.19. The lowest BCUT2D eigenvalue weighted by Crippen LogP contribution is -2.23. The molecule has 104 valence electrons. The average Bonchev–Trinajstić information content (AvgIpc) is 2.83. The number of aromatic nitrogens is 1. The number of rotatable bonds is 3. The van der Waals surface area contributed by atoms with Gasteiger partial charge in [0, 0.05) is 17.0 Å². The van der Waals surface area contributed by atoms with Crippen LogP contribution in [-0.4, -0.2) is 16.0 Å². The van der Waals surface area contributed by atoms with Crippen molar-refractivity contribution in [3.63, 3.8) is 0 Å². The Morgan fingerprint density at radius 1 is 1.35 bits per heavy atom. The summed E-state index contributed by atoms with van der Waals surface area (Å²) in [6, 6.07) is 10.5. The molecule has 1 aliphatic carbocycles. The van der Waals surface area contributed by atoms with Crippen molar-refractivity contribution in [2.75, 3.05) is 5.32 Å². The van der Waals surface area contributed by atoms with Gasteiger partial charge in [0.2, 0.25) is 0 Å². The van der Waals surface area contributed by atoms with Gasteiger partial charge in [0.05, 0.1) is 5.52 Å². The van der Waals surface area contributed by atoms with E-state index < -0.39 is 0 Å². The molecule has 2 atom stereocenters. The topological polar surface area (TPSA) is 50.9 Å². The normalized spacial score (nSPS) is 22.1. The van der Waals surface area contributed by atoms with Gasteiger partial charge >= 0.3 is 0 Å². The third kappa shape index (κ3) is 2.48. The fourth-order valence-electron chi connectivity index (χ4n) is 3.00. The molecule has 3 rings (SSSR count). The molecular weight excluding hydrogens is 266 g/mol. The number of nitrogens with two attached hydrogens (primary N) is 1. The SMILES string of the molecule is CC1CCCC1Nc1cc(C(N)=S)c2ccccc2n1. The van der Waals surface area contributed by atoms with Gasteiger partial charge in [0.15, 0.2) is 0 Å². The van der Waals surface area contributed by atoms with Crippen LogP contribution in [0.25, 0.3) is 10.9 Å². The highest BCUT2D eigenvalue weighted by Gasteiger charge is 2.23. The first-order valence-corrected chi connectivity index (χ1v) is 7.52. The Labute approximate surface area is 124 Å². The number of thiocarbonyl (C=S) groups is 1. The average molecular weight is 285 g/mol. The van der Waals surface area contributed by atoms with Gasteiger partial charge in [-0.2, -0.15) is 0 Å². The summed E-state index contributed by atoms with van der Waals surface area (Å²) in [5.41, 5.74) is 7.70. The van der Waals surface area contributed by atoms with E-state index in [0.717, 1.165) is 22.3 Å². The third-order valence-corrected chi connectivity index (χ3v) is 4.40. The monoisotopic (exact) mass is 285 g/mol. The molecule has 0 radical (unpaired) electrons. The number of nitrogens with zero attached hydrogens (tertiary/aromatic N) is 1. The summed E-state index contributed by atoms with van der Waals surface area (Å²) in [6.45, 7) is 2.29. The molecular formula is C16H19N3S. The van der Waals surface area contributed by atoms with E-state index in [2.05, 4.69) is 17.2 Å². The first-order valence-electron chi connectivity index (χ1n) is 7.11. The number of pyridine rings is 1. The minimum absolute atomic E-state index is 0.422. The van der Waals surface area contributed by atoms with Gasteiger partial charge in [0.25, 0.3) is 0 Å². The molecule has 0 saturated heterocycles. The molecule has 3 N–H and O–H groups in total. The van der Waals surface area contributed by atoms with Crippen molar-refractivity contribution >= 4 is 33.9 Å². The van der Waals surface area contributed by atoms with Crippen LogP contribution >= 0.6 is 12.2 Å². The zero-order valence-electron chi connectivity index (χ0n) is 11.6. The zero-order valence-corrected chi connectivity index (χ0v) is 12.4. The number of hydrogen-bond donors (Lipinski definition) is 2. The second-order valence-electron chi connectivity index (χ2n) is 5.60. The standard InChI is InChI=1S/C16H19N3S/c1-10-5-4-8-13(10)18-15-9-12(16(17)20)11-6-2-3-7-14(11)19-15/h2-3,6-7,9-10,13H,4-5,8H2,1H3,(H2,17,20)(H,18,19). The van der Waals surface area contributed by atoms with Crippen LogP contribution in [0, 0.1) is 5.92 Å².